The molecule has 152 valence electrons. The van der Waals surface area contributed by atoms with E-state index in [0.29, 0.717) is 11.4 Å². The Morgan fingerprint density at radius 2 is 1.79 bits per heavy atom. The van der Waals surface area contributed by atoms with E-state index in [2.05, 4.69) is 0 Å². The largest absolute Gasteiger partial charge is 0.342 e. The molecule has 0 spiro atoms. The summed E-state index contributed by atoms with van der Waals surface area (Å²) in [6.45, 7) is 5.75. The number of hydrogen-bond donors (Lipinski definition) is 0. The molecule has 5 nitrogen and oxygen atoms in total. The van der Waals surface area contributed by atoms with Crippen LogP contribution in [0.4, 0.5) is 0 Å². The van der Waals surface area contributed by atoms with E-state index >= 15 is 0 Å². The van der Waals surface area contributed by atoms with Crippen LogP contribution in [0.25, 0.3) is 16.4 Å². The molecule has 0 atom stereocenters. The van der Waals surface area contributed by atoms with E-state index in [9.17, 15) is 4.79 Å². The third-order valence-electron chi connectivity index (χ3n) is 5.54. The minimum absolute atomic E-state index is 0.207. The van der Waals surface area contributed by atoms with Crippen LogP contribution in [0.5, 0.6) is 0 Å². The lowest BCUT2D eigenvalue weighted by Gasteiger charge is -2.20. The van der Waals surface area contributed by atoms with Crippen LogP contribution in [0.15, 0.2) is 29.6 Å². The Labute approximate surface area is 180 Å². The summed E-state index contributed by atoms with van der Waals surface area (Å²) in [6.07, 6.45) is 5.07. The van der Waals surface area contributed by atoms with E-state index in [4.69, 9.17) is 21.7 Å². The SMILES string of the molecule is Cc1nn(-c2nc(-c3ccc(Cl)cc3)cs2)c(C)c1CC(=O)N1CCCCCC1. The third-order valence-corrected chi connectivity index (χ3v) is 6.61. The predicted octanol–water partition coefficient (Wildman–Crippen LogP) is 5.21. The van der Waals surface area contributed by atoms with Crippen LogP contribution in [0.1, 0.15) is 42.6 Å². The molecule has 0 unspecified atom stereocenters. The lowest BCUT2D eigenvalue weighted by Crippen LogP contribution is -2.33. The first-order chi connectivity index (χ1) is 14.0. The maximum Gasteiger partial charge on any atom is 0.227 e. The Hall–Kier alpha value is -2.18. The number of aromatic nitrogens is 3. The van der Waals surface area contributed by atoms with Crippen molar-refractivity contribution in [3.8, 4) is 16.4 Å². The highest BCUT2D eigenvalue weighted by atomic mass is 35.5. The van der Waals surface area contributed by atoms with Crippen LogP contribution >= 0.6 is 22.9 Å². The lowest BCUT2D eigenvalue weighted by molar-refractivity contribution is -0.130. The van der Waals surface area contributed by atoms with Crippen molar-refractivity contribution in [3.05, 3.63) is 51.6 Å². The second-order valence-electron chi connectivity index (χ2n) is 7.56. The highest BCUT2D eigenvalue weighted by Gasteiger charge is 2.21. The first-order valence-electron chi connectivity index (χ1n) is 10.1. The Balaban J connectivity index is 1.56. The summed E-state index contributed by atoms with van der Waals surface area (Å²) < 4.78 is 1.87. The van der Waals surface area contributed by atoms with Gasteiger partial charge >= 0.3 is 0 Å². The molecule has 29 heavy (non-hydrogen) atoms. The van der Waals surface area contributed by atoms with Crippen LogP contribution < -0.4 is 0 Å². The maximum atomic E-state index is 12.9. The van der Waals surface area contributed by atoms with Crippen LogP contribution in [-0.2, 0) is 11.2 Å². The van der Waals surface area contributed by atoms with Crippen molar-refractivity contribution < 1.29 is 4.79 Å². The summed E-state index contributed by atoms with van der Waals surface area (Å²) in [7, 11) is 0. The van der Waals surface area contributed by atoms with Gasteiger partial charge in [0, 0.05) is 40.3 Å². The zero-order chi connectivity index (χ0) is 20.4. The van der Waals surface area contributed by atoms with Gasteiger partial charge in [-0.15, -0.1) is 11.3 Å². The van der Waals surface area contributed by atoms with Gasteiger partial charge in [0.2, 0.25) is 11.0 Å². The number of amides is 1. The van der Waals surface area contributed by atoms with Crippen molar-refractivity contribution in [2.75, 3.05) is 13.1 Å². The van der Waals surface area contributed by atoms with Gasteiger partial charge in [-0.1, -0.05) is 36.6 Å². The van der Waals surface area contributed by atoms with Crippen molar-refractivity contribution in [1.82, 2.24) is 19.7 Å². The molecular weight excluding hydrogens is 404 g/mol. The van der Waals surface area contributed by atoms with E-state index in [1.54, 1.807) is 11.3 Å². The molecular formula is C22H25ClN4OS. The minimum atomic E-state index is 0.207. The monoisotopic (exact) mass is 428 g/mol. The van der Waals surface area contributed by atoms with Crippen LogP contribution in [-0.4, -0.2) is 38.7 Å². The second-order valence-corrected chi connectivity index (χ2v) is 8.83. The van der Waals surface area contributed by atoms with Gasteiger partial charge in [-0.3, -0.25) is 4.79 Å². The highest BCUT2D eigenvalue weighted by Crippen LogP contribution is 2.27. The molecule has 0 N–H and O–H groups in total. The molecule has 1 aliphatic rings. The van der Waals surface area contributed by atoms with Gasteiger partial charge in [-0.05, 0) is 38.8 Å². The van der Waals surface area contributed by atoms with Crippen molar-refractivity contribution >= 4 is 28.8 Å². The predicted molar refractivity (Wildman–Crippen MR) is 118 cm³/mol. The second kappa shape index (κ2) is 8.67. The number of aryl methyl sites for hydroxylation is 1. The molecule has 0 bridgehead atoms. The van der Waals surface area contributed by atoms with E-state index < -0.39 is 0 Å². The molecule has 1 fully saturated rings. The number of carbonyl (C=O) groups is 1. The summed E-state index contributed by atoms with van der Waals surface area (Å²) in [5, 5.41) is 8.23. The summed E-state index contributed by atoms with van der Waals surface area (Å²) in [4.78, 5) is 19.6. The molecule has 2 aromatic heterocycles. The molecule has 3 heterocycles. The molecule has 1 aromatic carbocycles. The van der Waals surface area contributed by atoms with Crippen LogP contribution in [0, 0.1) is 13.8 Å². The van der Waals surface area contributed by atoms with Crippen molar-refractivity contribution in [3.63, 3.8) is 0 Å². The zero-order valence-electron chi connectivity index (χ0n) is 16.8. The summed E-state index contributed by atoms with van der Waals surface area (Å²) in [5.41, 5.74) is 4.82. The van der Waals surface area contributed by atoms with Gasteiger partial charge < -0.3 is 4.90 Å². The van der Waals surface area contributed by atoms with Crippen LogP contribution in [0.2, 0.25) is 5.02 Å². The molecule has 1 saturated heterocycles. The zero-order valence-corrected chi connectivity index (χ0v) is 18.4. The standard InChI is InChI=1S/C22H25ClN4OS/c1-15-19(13-21(28)26-11-5-3-4-6-12-26)16(2)27(25-15)22-24-20(14-29-22)17-7-9-18(23)10-8-17/h7-10,14H,3-6,11-13H2,1-2H3. The number of likely N-dealkylation sites (tertiary alicyclic amines) is 1. The number of carbonyl (C=O) groups excluding carboxylic acids is 1. The molecule has 1 aliphatic heterocycles. The molecule has 0 aliphatic carbocycles. The van der Waals surface area contributed by atoms with Gasteiger partial charge in [-0.25, -0.2) is 9.67 Å². The third kappa shape index (κ3) is 4.38. The highest BCUT2D eigenvalue weighted by molar-refractivity contribution is 7.12. The number of hydrogen-bond acceptors (Lipinski definition) is 4. The number of thiazole rings is 1. The smallest absolute Gasteiger partial charge is 0.227 e. The van der Waals surface area contributed by atoms with E-state index in [1.807, 2.05) is 53.1 Å². The first kappa shape index (κ1) is 20.1. The van der Waals surface area contributed by atoms with Gasteiger partial charge in [0.25, 0.3) is 0 Å². The Bertz CT molecular complexity index is 1000. The molecule has 0 saturated carbocycles. The van der Waals surface area contributed by atoms with Crippen LogP contribution in [0.3, 0.4) is 0 Å². The van der Waals surface area contributed by atoms with E-state index in [0.717, 1.165) is 59.3 Å². The summed E-state index contributed by atoms with van der Waals surface area (Å²) >= 11 is 7.53. The summed E-state index contributed by atoms with van der Waals surface area (Å²) in [6, 6.07) is 7.67. The molecule has 1 amide bonds. The fraction of sp³-hybridized carbons (Fsp3) is 0.409. The molecule has 4 rings (SSSR count). The fourth-order valence-electron chi connectivity index (χ4n) is 3.81. The topological polar surface area (TPSA) is 51.0 Å². The molecule has 7 heteroatoms. The average molecular weight is 429 g/mol. The number of benzene rings is 1. The number of halogens is 1. The Morgan fingerprint density at radius 3 is 2.48 bits per heavy atom. The van der Waals surface area contributed by atoms with Gasteiger partial charge in [0.15, 0.2) is 0 Å². The van der Waals surface area contributed by atoms with Gasteiger partial charge in [0.05, 0.1) is 17.8 Å². The first-order valence-corrected chi connectivity index (χ1v) is 11.3. The molecule has 0 radical (unpaired) electrons. The van der Waals surface area contributed by atoms with Crippen molar-refractivity contribution in [2.24, 2.45) is 0 Å². The fourth-order valence-corrected chi connectivity index (χ4v) is 4.78. The van der Waals surface area contributed by atoms with Gasteiger partial charge in [0.1, 0.15) is 0 Å². The van der Waals surface area contributed by atoms with E-state index in [-0.39, 0.29) is 5.91 Å². The number of rotatable bonds is 4. The van der Waals surface area contributed by atoms with Crippen molar-refractivity contribution in [2.45, 2.75) is 46.0 Å². The lowest BCUT2D eigenvalue weighted by atomic mass is 10.1. The summed E-state index contributed by atoms with van der Waals surface area (Å²) in [5.74, 6) is 0.207. The quantitative estimate of drug-likeness (QED) is 0.573. The van der Waals surface area contributed by atoms with Gasteiger partial charge in [-0.2, -0.15) is 5.10 Å². The van der Waals surface area contributed by atoms with Crippen molar-refractivity contribution in [1.29, 1.82) is 0 Å². The average Bonchev–Trinajstić information content (AvgIpc) is 3.17. The van der Waals surface area contributed by atoms with E-state index in [1.165, 1.54) is 12.8 Å². The Kier molecular flexibility index (Phi) is 6.01. The Morgan fingerprint density at radius 1 is 1.10 bits per heavy atom. The maximum absolute atomic E-state index is 12.9. The normalized spacial score (nSPS) is 14.8. The number of nitrogens with zero attached hydrogens (tertiary/aromatic N) is 4. The molecule has 3 aromatic rings. The minimum Gasteiger partial charge on any atom is -0.342 e.